The van der Waals surface area contributed by atoms with E-state index in [1.807, 2.05) is 10.6 Å². The third kappa shape index (κ3) is 7.90. The molecule has 3 rings (SSSR count). The van der Waals surface area contributed by atoms with Gasteiger partial charge in [-0.2, -0.15) is 44.5 Å². The number of thiazole rings is 1. The second kappa shape index (κ2) is 11.6. The molecule has 19 heteroatoms. The molecule has 7 nitrogen and oxygen atoms in total. The van der Waals surface area contributed by atoms with E-state index in [1.165, 1.54) is 12.1 Å². The third-order valence-electron chi connectivity index (χ3n) is 4.91. The Morgan fingerprint density at radius 3 is 2.10 bits per heavy atom. The van der Waals surface area contributed by atoms with Gasteiger partial charge in [-0.15, -0.1) is 0 Å². The van der Waals surface area contributed by atoms with Crippen LogP contribution in [0.5, 0.6) is 5.88 Å². The fourth-order valence-electron chi connectivity index (χ4n) is 3.07. The molecular formula is C22H12ClF10N3O4S. The van der Waals surface area contributed by atoms with Gasteiger partial charge in [-0.25, -0.2) is 9.18 Å². The van der Waals surface area contributed by atoms with Gasteiger partial charge in [0, 0.05) is 22.8 Å². The van der Waals surface area contributed by atoms with Crippen LogP contribution in [-0.4, -0.2) is 28.1 Å². The number of carbonyl (C=O) groups excluding carboxylic acids is 2. The van der Waals surface area contributed by atoms with Crippen LogP contribution in [0.25, 0.3) is 0 Å². The first-order valence-electron chi connectivity index (χ1n) is 10.5. The summed E-state index contributed by atoms with van der Waals surface area (Å²) < 4.78 is 136. The number of carbonyl (C=O) groups is 2. The zero-order valence-electron chi connectivity index (χ0n) is 19.4. The fraction of sp³-hybridized carbons (Fsp3) is 0.227. The van der Waals surface area contributed by atoms with E-state index in [0.29, 0.717) is 0 Å². The number of hydrogen-bond donors (Lipinski definition) is 3. The number of hydrogen-bond acceptors (Lipinski definition) is 7. The first-order chi connectivity index (χ1) is 18.8. The van der Waals surface area contributed by atoms with Crippen molar-refractivity contribution >= 4 is 45.6 Å². The van der Waals surface area contributed by atoms with Gasteiger partial charge in [-0.3, -0.25) is 4.79 Å². The molecule has 0 spiro atoms. The number of anilines is 2. The molecule has 0 radical (unpaired) electrons. The van der Waals surface area contributed by atoms with Crippen molar-refractivity contribution in [3.05, 3.63) is 68.8 Å². The molecule has 3 aromatic rings. The summed E-state index contributed by atoms with van der Waals surface area (Å²) in [6, 6.07) is 3.70. The smallest absolute Gasteiger partial charge is 0.490 e. The maximum Gasteiger partial charge on any atom is 0.490 e. The highest BCUT2D eigenvalue weighted by atomic mass is 35.5. The Labute approximate surface area is 230 Å². The minimum atomic E-state index is -5.64. The summed E-state index contributed by atoms with van der Waals surface area (Å²) in [6.45, 7) is -0.737. The van der Waals surface area contributed by atoms with Crippen LogP contribution in [0, 0.1) is 5.82 Å². The highest BCUT2D eigenvalue weighted by molar-refractivity contribution is 7.16. The van der Waals surface area contributed by atoms with Crippen molar-refractivity contribution in [2.24, 2.45) is 0 Å². The number of alkyl halides is 9. The van der Waals surface area contributed by atoms with Gasteiger partial charge in [0.2, 0.25) is 12.0 Å². The van der Waals surface area contributed by atoms with Gasteiger partial charge in [0.15, 0.2) is 5.13 Å². The van der Waals surface area contributed by atoms with Crippen LogP contribution in [0.15, 0.2) is 36.4 Å². The molecule has 0 aliphatic heterocycles. The average molecular weight is 640 g/mol. The Morgan fingerprint density at radius 1 is 1.00 bits per heavy atom. The van der Waals surface area contributed by atoms with Gasteiger partial charge < -0.3 is 20.5 Å². The van der Waals surface area contributed by atoms with Gasteiger partial charge in [0.25, 0.3) is 5.91 Å². The van der Waals surface area contributed by atoms with Crippen LogP contribution in [0.4, 0.5) is 54.7 Å². The van der Waals surface area contributed by atoms with Crippen molar-refractivity contribution in [2.45, 2.75) is 31.2 Å². The lowest BCUT2D eigenvalue weighted by Gasteiger charge is -2.17. The third-order valence-corrected chi connectivity index (χ3v) is 6.26. The first kappa shape index (κ1) is 31.7. The summed E-state index contributed by atoms with van der Waals surface area (Å²) in [6.07, 6.45) is -18.7. The predicted octanol–water partition coefficient (Wildman–Crippen LogP) is 6.89. The predicted molar refractivity (Wildman–Crippen MR) is 122 cm³/mol. The monoisotopic (exact) mass is 639 g/mol. The summed E-state index contributed by atoms with van der Waals surface area (Å²) in [5.74, 6) is -6.64. The van der Waals surface area contributed by atoms with E-state index < -0.39 is 81.6 Å². The number of aromatic nitrogens is 1. The number of ether oxygens (including phenoxy) is 1. The molecule has 41 heavy (non-hydrogen) atoms. The van der Waals surface area contributed by atoms with E-state index in [4.69, 9.17) is 11.6 Å². The van der Waals surface area contributed by atoms with Crippen LogP contribution in [0.1, 0.15) is 27.7 Å². The molecule has 0 aliphatic rings. The van der Waals surface area contributed by atoms with Crippen molar-refractivity contribution in [1.29, 1.82) is 0 Å². The Bertz CT molecular complexity index is 1400. The Morgan fingerprint density at radius 2 is 1.59 bits per heavy atom. The SMILES string of the molecule is O=C(NCc1c(F)cccc1Cl)C(OC(=O)C(F)(F)F)c1sc(Nc2cc(C(F)(F)F)cc(C(F)(F)F)c2)nc1O. The van der Waals surface area contributed by atoms with Gasteiger partial charge in [0.05, 0.1) is 11.1 Å². The molecule has 0 saturated carbocycles. The number of benzene rings is 2. The van der Waals surface area contributed by atoms with Crippen LogP contribution >= 0.6 is 22.9 Å². The molecule has 1 unspecified atom stereocenters. The molecule has 1 aromatic heterocycles. The van der Waals surface area contributed by atoms with Gasteiger partial charge >= 0.3 is 24.5 Å². The highest BCUT2D eigenvalue weighted by Crippen LogP contribution is 2.41. The zero-order chi connectivity index (χ0) is 30.9. The van der Waals surface area contributed by atoms with Crippen molar-refractivity contribution < 1.29 is 63.3 Å². The second-order valence-corrected chi connectivity index (χ2v) is 9.27. The minimum absolute atomic E-state index is 0.0578. The molecule has 0 aliphatic carbocycles. The lowest BCUT2D eigenvalue weighted by atomic mass is 10.1. The van der Waals surface area contributed by atoms with Crippen molar-refractivity contribution in [3.8, 4) is 5.88 Å². The van der Waals surface area contributed by atoms with Gasteiger partial charge in [-0.1, -0.05) is 29.0 Å². The summed E-state index contributed by atoms with van der Waals surface area (Å²) in [5.41, 5.74) is -4.61. The lowest BCUT2D eigenvalue weighted by Crippen LogP contribution is -2.35. The Kier molecular flexibility index (Phi) is 8.97. The fourth-order valence-corrected chi connectivity index (χ4v) is 4.21. The molecule has 2 aromatic carbocycles. The molecule has 0 saturated heterocycles. The normalized spacial score (nSPS) is 13.0. The zero-order valence-corrected chi connectivity index (χ0v) is 21.0. The first-order valence-corrected chi connectivity index (χ1v) is 11.7. The van der Waals surface area contributed by atoms with Gasteiger partial charge in [-0.05, 0) is 30.3 Å². The molecule has 1 heterocycles. The van der Waals surface area contributed by atoms with Crippen LogP contribution in [0.3, 0.4) is 0 Å². The maximum atomic E-state index is 14.0. The van der Waals surface area contributed by atoms with E-state index in [2.05, 4.69) is 9.72 Å². The molecule has 1 atom stereocenters. The van der Waals surface area contributed by atoms with E-state index in [1.54, 1.807) is 0 Å². The number of aromatic hydroxyl groups is 1. The van der Waals surface area contributed by atoms with Crippen LogP contribution in [0.2, 0.25) is 5.02 Å². The minimum Gasteiger partial charge on any atom is -0.492 e. The quantitative estimate of drug-likeness (QED) is 0.192. The number of halogens is 11. The number of amides is 1. The molecule has 1 amide bonds. The molecule has 222 valence electrons. The maximum absolute atomic E-state index is 14.0. The number of esters is 1. The van der Waals surface area contributed by atoms with E-state index in [0.717, 1.165) is 6.07 Å². The van der Waals surface area contributed by atoms with Crippen molar-refractivity contribution in [1.82, 2.24) is 10.3 Å². The van der Waals surface area contributed by atoms with Crippen LogP contribution in [-0.2, 0) is 33.2 Å². The summed E-state index contributed by atoms with van der Waals surface area (Å²) in [4.78, 5) is 26.6. The second-order valence-electron chi connectivity index (χ2n) is 7.83. The standard InChI is InChI=1S/C22H12ClF10N3O4S/c23-12-2-1-3-13(24)11(12)7-34-16(37)14(40-18(39)22(31,32)33)15-17(38)36-19(41-15)35-10-5-8(20(25,26)27)4-9(6-10)21(28,29)30/h1-6,14,38H,7H2,(H,34,37)(H,35,36). The van der Waals surface area contributed by atoms with E-state index in [-0.39, 0.29) is 40.1 Å². The largest absolute Gasteiger partial charge is 0.492 e. The number of nitrogens with one attached hydrogen (secondary N) is 2. The summed E-state index contributed by atoms with van der Waals surface area (Å²) >= 11 is 5.87. The molecular weight excluding hydrogens is 628 g/mol. The molecule has 0 fully saturated rings. The molecule has 3 N–H and O–H groups in total. The Balaban J connectivity index is 1.96. The number of nitrogens with zero attached hydrogens (tertiary/aromatic N) is 1. The van der Waals surface area contributed by atoms with Crippen LogP contribution < -0.4 is 10.6 Å². The van der Waals surface area contributed by atoms with E-state index >= 15 is 0 Å². The van der Waals surface area contributed by atoms with Crippen molar-refractivity contribution in [2.75, 3.05) is 5.32 Å². The topological polar surface area (TPSA) is 101 Å². The summed E-state index contributed by atoms with van der Waals surface area (Å²) in [7, 11) is 0. The Hall–Kier alpha value is -3.80. The number of rotatable bonds is 7. The lowest BCUT2D eigenvalue weighted by molar-refractivity contribution is -0.205. The highest BCUT2D eigenvalue weighted by Gasteiger charge is 2.45. The van der Waals surface area contributed by atoms with E-state index in [9.17, 15) is 58.6 Å². The van der Waals surface area contributed by atoms with Crippen molar-refractivity contribution in [3.63, 3.8) is 0 Å². The summed E-state index contributed by atoms with van der Waals surface area (Å²) in [5, 5.41) is 13.2. The molecule has 0 bridgehead atoms. The average Bonchev–Trinajstić information content (AvgIpc) is 3.19. The van der Waals surface area contributed by atoms with Gasteiger partial charge in [0.1, 0.15) is 10.7 Å².